The van der Waals surface area contributed by atoms with E-state index in [4.69, 9.17) is 0 Å². The molecule has 0 saturated carbocycles. The zero-order valence-electron chi connectivity index (χ0n) is 11.4. The minimum atomic E-state index is 0.831. The van der Waals surface area contributed by atoms with Crippen molar-refractivity contribution in [1.29, 1.82) is 0 Å². The Morgan fingerprint density at radius 2 is 2.00 bits per heavy atom. The van der Waals surface area contributed by atoms with Crippen molar-refractivity contribution in [3.63, 3.8) is 0 Å². The lowest BCUT2D eigenvalue weighted by Gasteiger charge is -2.11. The summed E-state index contributed by atoms with van der Waals surface area (Å²) in [7, 11) is 1.86. The van der Waals surface area contributed by atoms with Gasteiger partial charge in [-0.3, -0.25) is 4.68 Å². The highest BCUT2D eigenvalue weighted by molar-refractivity contribution is 5.63. The SMILES string of the molecule is CCCn1nccc1-c1nnc(NC)c(C)c1C. The standard InChI is InChI=1S/C13H19N5/c1-5-8-18-11(6-7-15-18)12-9(2)10(3)13(14-4)17-16-12/h6-7H,5,8H2,1-4H3,(H,14,17). The molecule has 0 fully saturated rings. The number of hydrogen-bond acceptors (Lipinski definition) is 4. The van der Waals surface area contributed by atoms with E-state index >= 15 is 0 Å². The lowest BCUT2D eigenvalue weighted by atomic mass is 10.1. The van der Waals surface area contributed by atoms with Gasteiger partial charge in [0, 0.05) is 19.8 Å². The van der Waals surface area contributed by atoms with Crippen molar-refractivity contribution >= 4 is 5.82 Å². The van der Waals surface area contributed by atoms with Crippen molar-refractivity contribution in [2.45, 2.75) is 33.7 Å². The molecule has 18 heavy (non-hydrogen) atoms. The third-order valence-corrected chi connectivity index (χ3v) is 3.15. The predicted octanol–water partition coefficient (Wildman–Crippen LogP) is 2.41. The van der Waals surface area contributed by atoms with Crippen LogP contribution in [0.4, 0.5) is 5.82 Å². The summed E-state index contributed by atoms with van der Waals surface area (Å²) in [5.41, 5.74) is 4.23. The number of rotatable bonds is 4. The van der Waals surface area contributed by atoms with Crippen molar-refractivity contribution in [1.82, 2.24) is 20.0 Å². The van der Waals surface area contributed by atoms with Gasteiger partial charge in [0.05, 0.1) is 5.69 Å². The minimum absolute atomic E-state index is 0.831. The number of nitrogens with one attached hydrogen (secondary N) is 1. The van der Waals surface area contributed by atoms with E-state index in [0.29, 0.717) is 0 Å². The number of anilines is 1. The van der Waals surface area contributed by atoms with Crippen LogP contribution in [-0.2, 0) is 6.54 Å². The maximum Gasteiger partial charge on any atom is 0.151 e. The van der Waals surface area contributed by atoms with Crippen molar-refractivity contribution in [3.05, 3.63) is 23.4 Å². The third-order valence-electron chi connectivity index (χ3n) is 3.15. The van der Waals surface area contributed by atoms with E-state index in [1.54, 1.807) is 0 Å². The molecule has 0 spiro atoms. The molecule has 0 bridgehead atoms. The molecule has 5 nitrogen and oxygen atoms in total. The molecule has 0 aromatic carbocycles. The first-order valence-electron chi connectivity index (χ1n) is 6.22. The van der Waals surface area contributed by atoms with Crippen LogP contribution in [0.3, 0.4) is 0 Å². The second-order valence-corrected chi connectivity index (χ2v) is 4.34. The van der Waals surface area contributed by atoms with E-state index in [0.717, 1.165) is 41.3 Å². The summed E-state index contributed by atoms with van der Waals surface area (Å²) < 4.78 is 1.98. The summed E-state index contributed by atoms with van der Waals surface area (Å²) in [6.45, 7) is 7.17. The number of nitrogens with zero attached hydrogens (tertiary/aromatic N) is 4. The fraction of sp³-hybridized carbons (Fsp3) is 0.462. The summed E-state index contributed by atoms with van der Waals surface area (Å²) in [5.74, 6) is 0.831. The predicted molar refractivity (Wildman–Crippen MR) is 72.6 cm³/mol. The van der Waals surface area contributed by atoms with Crippen LogP contribution in [0.1, 0.15) is 24.5 Å². The van der Waals surface area contributed by atoms with Gasteiger partial charge in [-0.05, 0) is 37.5 Å². The van der Waals surface area contributed by atoms with Gasteiger partial charge in [0.1, 0.15) is 5.69 Å². The highest BCUT2D eigenvalue weighted by Gasteiger charge is 2.13. The third kappa shape index (κ3) is 2.08. The second-order valence-electron chi connectivity index (χ2n) is 4.34. The summed E-state index contributed by atoms with van der Waals surface area (Å²) in [4.78, 5) is 0. The molecular weight excluding hydrogens is 226 g/mol. The normalized spacial score (nSPS) is 10.7. The molecule has 96 valence electrons. The summed E-state index contributed by atoms with van der Waals surface area (Å²) >= 11 is 0. The van der Waals surface area contributed by atoms with E-state index in [9.17, 15) is 0 Å². The van der Waals surface area contributed by atoms with Gasteiger partial charge in [0.25, 0.3) is 0 Å². The van der Waals surface area contributed by atoms with Crippen molar-refractivity contribution in [3.8, 4) is 11.4 Å². The van der Waals surface area contributed by atoms with Crippen LogP contribution in [0.25, 0.3) is 11.4 Å². The van der Waals surface area contributed by atoms with Gasteiger partial charge >= 0.3 is 0 Å². The fourth-order valence-electron chi connectivity index (χ4n) is 2.01. The molecule has 2 aromatic heterocycles. The summed E-state index contributed by atoms with van der Waals surface area (Å²) in [5, 5.41) is 15.9. The molecular formula is C13H19N5. The maximum absolute atomic E-state index is 4.33. The van der Waals surface area contributed by atoms with Crippen molar-refractivity contribution in [2.24, 2.45) is 0 Å². The monoisotopic (exact) mass is 245 g/mol. The molecule has 0 aliphatic rings. The molecule has 0 unspecified atom stereocenters. The molecule has 2 heterocycles. The van der Waals surface area contributed by atoms with Gasteiger partial charge in [-0.15, -0.1) is 10.2 Å². The molecule has 0 atom stereocenters. The number of aromatic nitrogens is 4. The highest BCUT2D eigenvalue weighted by Crippen LogP contribution is 2.25. The zero-order chi connectivity index (χ0) is 13.1. The lowest BCUT2D eigenvalue weighted by molar-refractivity contribution is 0.607. The van der Waals surface area contributed by atoms with Gasteiger partial charge in [0.2, 0.25) is 0 Å². The van der Waals surface area contributed by atoms with Gasteiger partial charge in [-0.25, -0.2) is 0 Å². The molecule has 2 rings (SSSR count). The topological polar surface area (TPSA) is 55.6 Å². The van der Waals surface area contributed by atoms with E-state index in [-0.39, 0.29) is 0 Å². The van der Waals surface area contributed by atoms with Crippen LogP contribution in [0.15, 0.2) is 12.3 Å². The Kier molecular flexibility index (Phi) is 3.60. The number of aryl methyl sites for hydroxylation is 1. The van der Waals surface area contributed by atoms with Crippen molar-refractivity contribution < 1.29 is 0 Å². The van der Waals surface area contributed by atoms with Crippen molar-refractivity contribution in [2.75, 3.05) is 12.4 Å². The minimum Gasteiger partial charge on any atom is -0.371 e. The molecule has 2 aromatic rings. The highest BCUT2D eigenvalue weighted by atomic mass is 15.3. The Hall–Kier alpha value is -1.91. The van der Waals surface area contributed by atoms with Crippen LogP contribution in [0.2, 0.25) is 0 Å². The second kappa shape index (κ2) is 5.16. The number of hydrogen-bond donors (Lipinski definition) is 1. The molecule has 0 aliphatic carbocycles. The molecule has 0 saturated heterocycles. The van der Waals surface area contributed by atoms with Crippen LogP contribution in [-0.4, -0.2) is 27.0 Å². The zero-order valence-corrected chi connectivity index (χ0v) is 11.4. The van der Waals surface area contributed by atoms with Crippen LogP contribution in [0.5, 0.6) is 0 Å². The summed E-state index contributed by atoms with van der Waals surface area (Å²) in [6, 6.07) is 1.99. The largest absolute Gasteiger partial charge is 0.371 e. The Balaban J connectivity index is 2.51. The fourth-order valence-corrected chi connectivity index (χ4v) is 2.01. The van der Waals surface area contributed by atoms with Crippen LogP contribution < -0.4 is 5.32 Å². The maximum atomic E-state index is 4.33. The summed E-state index contributed by atoms with van der Waals surface area (Å²) in [6.07, 6.45) is 2.86. The Morgan fingerprint density at radius 3 is 2.67 bits per heavy atom. The average molecular weight is 245 g/mol. The Morgan fingerprint density at radius 1 is 1.22 bits per heavy atom. The molecule has 0 aliphatic heterocycles. The van der Waals surface area contributed by atoms with E-state index in [1.165, 1.54) is 0 Å². The van der Waals surface area contributed by atoms with Gasteiger partial charge in [-0.2, -0.15) is 5.10 Å². The van der Waals surface area contributed by atoms with Gasteiger partial charge in [0.15, 0.2) is 5.82 Å². The van der Waals surface area contributed by atoms with Crippen LogP contribution >= 0.6 is 0 Å². The average Bonchev–Trinajstić information content (AvgIpc) is 2.81. The first kappa shape index (κ1) is 12.5. The first-order valence-corrected chi connectivity index (χ1v) is 6.22. The van der Waals surface area contributed by atoms with Gasteiger partial charge in [-0.1, -0.05) is 6.92 Å². The molecule has 0 radical (unpaired) electrons. The Bertz CT molecular complexity index is 544. The Labute approximate surface area is 107 Å². The van der Waals surface area contributed by atoms with Gasteiger partial charge < -0.3 is 5.32 Å². The molecule has 0 amide bonds. The molecule has 1 N–H and O–H groups in total. The van der Waals surface area contributed by atoms with E-state index in [1.807, 2.05) is 24.0 Å². The lowest BCUT2D eigenvalue weighted by Crippen LogP contribution is -2.07. The quantitative estimate of drug-likeness (QED) is 0.898. The van der Waals surface area contributed by atoms with E-state index in [2.05, 4.69) is 41.4 Å². The first-order chi connectivity index (χ1) is 8.69. The smallest absolute Gasteiger partial charge is 0.151 e. The van der Waals surface area contributed by atoms with E-state index < -0.39 is 0 Å². The molecule has 5 heteroatoms. The van der Waals surface area contributed by atoms with Crippen LogP contribution in [0, 0.1) is 13.8 Å².